The van der Waals surface area contributed by atoms with Gasteiger partial charge in [0.1, 0.15) is 17.2 Å². The van der Waals surface area contributed by atoms with E-state index in [4.69, 9.17) is 0 Å². The van der Waals surface area contributed by atoms with E-state index in [0.717, 1.165) is 5.56 Å². The predicted molar refractivity (Wildman–Crippen MR) is 112 cm³/mol. The molecule has 0 saturated heterocycles. The van der Waals surface area contributed by atoms with Gasteiger partial charge in [0.2, 0.25) is 0 Å². The van der Waals surface area contributed by atoms with Crippen LogP contribution in [0.25, 0.3) is 33.9 Å². The number of aryl methyl sites for hydroxylation is 1. The van der Waals surface area contributed by atoms with Crippen molar-refractivity contribution in [3.63, 3.8) is 0 Å². The lowest BCUT2D eigenvalue weighted by molar-refractivity contribution is 0.603. The summed E-state index contributed by atoms with van der Waals surface area (Å²) in [6.45, 7) is 7.21. The van der Waals surface area contributed by atoms with E-state index in [-0.39, 0.29) is 16.9 Å². The molecule has 6 heteroatoms. The van der Waals surface area contributed by atoms with Gasteiger partial charge in [-0.3, -0.25) is 4.99 Å². The van der Waals surface area contributed by atoms with E-state index in [2.05, 4.69) is 21.8 Å². The van der Waals surface area contributed by atoms with Crippen molar-refractivity contribution in [1.29, 1.82) is 0 Å². The molecule has 2 heterocycles. The Balaban J connectivity index is 2.10. The number of pyridine rings is 1. The highest BCUT2D eigenvalue weighted by Crippen LogP contribution is 2.33. The molecule has 0 atom stereocenters. The molecule has 4 aromatic rings. The number of para-hydroxylation sites is 1. The van der Waals surface area contributed by atoms with Crippen molar-refractivity contribution in [2.45, 2.75) is 13.8 Å². The summed E-state index contributed by atoms with van der Waals surface area (Å²) >= 11 is 0. The third-order valence-corrected chi connectivity index (χ3v) is 4.74. The molecule has 0 amide bonds. The zero-order valence-electron chi connectivity index (χ0n) is 16.0. The number of nitrogens with zero attached hydrogens (tertiary/aromatic N) is 4. The summed E-state index contributed by atoms with van der Waals surface area (Å²) < 4.78 is 31.8. The fraction of sp³-hybridized carbons (Fsp3) is 0.0870. The minimum Gasteiger partial charge on any atom is -0.269 e. The fourth-order valence-corrected chi connectivity index (χ4v) is 3.25. The number of allylic oxidation sites excluding steroid dienone is 1. The van der Waals surface area contributed by atoms with E-state index in [1.165, 1.54) is 16.8 Å². The number of benzene rings is 2. The van der Waals surface area contributed by atoms with Gasteiger partial charge in [-0.2, -0.15) is 5.10 Å². The highest BCUT2D eigenvalue weighted by Gasteiger charge is 2.22. The third kappa shape index (κ3) is 3.23. The van der Waals surface area contributed by atoms with Gasteiger partial charge in [0.05, 0.1) is 17.4 Å². The second-order valence-electron chi connectivity index (χ2n) is 6.69. The maximum Gasteiger partial charge on any atom is 0.175 e. The van der Waals surface area contributed by atoms with Crippen LogP contribution in [0, 0.1) is 18.6 Å². The van der Waals surface area contributed by atoms with Crippen LogP contribution in [-0.2, 0) is 0 Å². The molecule has 4 nitrogen and oxygen atoms in total. The highest BCUT2D eigenvalue weighted by molar-refractivity contribution is 5.90. The van der Waals surface area contributed by atoms with E-state index >= 15 is 4.39 Å². The predicted octanol–water partition coefficient (Wildman–Crippen LogP) is 5.74. The van der Waals surface area contributed by atoms with Crippen LogP contribution in [0.1, 0.15) is 18.2 Å². The molecule has 0 radical (unpaired) electrons. The van der Waals surface area contributed by atoms with Gasteiger partial charge in [0.25, 0.3) is 0 Å². The summed E-state index contributed by atoms with van der Waals surface area (Å²) in [4.78, 5) is 8.32. The molecular weight excluding hydrogens is 370 g/mol. The van der Waals surface area contributed by atoms with E-state index < -0.39 is 11.6 Å². The summed E-state index contributed by atoms with van der Waals surface area (Å²) in [6, 6.07) is 13.2. The van der Waals surface area contributed by atoms with Crippen LogP contribution in [0.3, 0.4) is 0 Å². The fourth-order valence-electron chi connectivity index (χ4n) is 3.25. The number of fused-ring (bicyclic) bond motifs is 1. The van der Waals surface area contributed by atoms with E-state index in [0.29, 0.717) is 22.3 Å². The van der Waals surface area contributed by atoms with E-state index in [1.54, 1.807) is 49.5 Å². The Hall–Kier alpha value is -3.67. The maximum atomic E-state index is 15.8. The number of hydrogen-bond acceptors (Lipinski definition) is 3. The van der Waals surface area contributed by atoms with Gasteiger partial charge < -0.3 is 0 Å². The van der Waals surface area contributed by atoms with Gasteiger partial charge >= 0.3 is 0 Å². The first-order valence-corrected chi connectivity index (χ1v) is 9.04. The van der Waals surface area contributed by atoms with Crippen LogP contribution >= 0.6 is 0 Å². The summed E-state index contributed by atoms with van der Waals surface area (Å²) in [5, 5.41) is 4.97. The molecule has 4 rings (SSSR count). The molecule has 0 aliphatic rings. The minimum atomic E-state index is -0.643. The third-order valence-electron chi connectivity index (χ3n) is 4.74. The number of halogens is 2. The van der Waals surface area contributed by atoms with E-state index in [1.807, 2.05) is 13.0 Å². The zero-order valence-corrected chi connectivity index (χ0v) is 16.0. The number of rotatable bonds is 4. The largest absolute Gasteiger partial charge is 0.269 e. The van der Waals surface area contributed by atoms with Crippen molar-refractivity contribution in [3.05, 3.63) is 83.3 Å². The molecule has 0 unspecified atom stereocenters. The highest BCUT2D eigenvalue weighted by atomic mass is 19.1. The van der Waals surface area contributed by atoms with Gasteiger partial charge in [0.15, 0.2) is 5.82 Å². The molecule has 0 N–H and O–H groups in total. The molecule has 0 fully saturated rings. The van der Waals surface area contributed by atoms with Gasteiger partial charge in [-0.25, -0.2) is 18.4 Å². The van der Waals surface area contributed by atoms with Crippen molar-refractivity contribution in [1.82, 2.24) is 14.8 Å². The minimum absolute atomic E-state index is 0.0570. The van der Waals surface area contributed by atoms with Crippen molar-refractivity contribution in [3.8, 4) is 16.9 Å². The second-order valence-corrected chi connectivity index (χ2v) is 6.69. The summed E-state index contributed by atoms with van der Waals surface area (Å²) in [5.74, 6) is -1.18. The lowest BCUT2D eigenvalue weighted by Gasteiger charge is -2.14. The lowest BCUT2D eigenvalue weighted by atomic mass is 10.1. The van der Waals surface area contributed by atoms with Crippen molar-refractivity contribution >= 4 is 23.7 Å². The van der Waals surface area contributed by atoms with Crippen LogP contribution in [0.4, 0.5) is 8.78 Å². The monoisotopic (exact) mass is 388 g/mol. The number of aliphatic imine (C=N–C) groups is 1. The van der Waals surface area contributed by atoms with Crippen LogP contribution in [0.2, 0.25) is 0 Å². The molecule has 29 heavy (non-hydrogen) atoms. The normalized spacial score (nSPS) is 11.8. The molecule has 0 saturated carbocycles. The second kappa shape index (κ2) is 7.39. The summed E-state index contributed by atoms with van der Waals surface area (Å²) in [6.07, 6.45) is 3.44. The molecule has 0 bridgehead atoms. The smallest absolute Gasteiger partial charge is 0.175 e. The number of hydrogen-bond donors (Lipinski definition) is 0. The van der Waals surface area contributed by atoms with Crippen LogP contribution < -0.4 is 0 Å². The Kier molecular flexibility index (Phi) is 4.76. The average Bonchev–Trinajstić information content (AvgIpc) is 3.08. The van der Waals surface area contributed by atoms with Gasteiger partial charge in [0, 0.05) is 16.6 Å². The molecular formula is C23H18F2N4. The maximum absolute atomic E-state index is 15.8. The Morgan fingerprint density at radius 3 is 2.59 bits per heavy atom. The number of aromatic nitrogens is 3. The van der Waals surface area contributed by atoms with Crippen molar-refractivity contribution in [2.24, 2.45) is 4.99 Å². The Bertz CT molecular complexity index is 1270. The molecule has 0 aliphatic heterocycles. The first kappa shape index (κ1) is 18.7. The van der Waals surface area contributed by atoms with Gasteiger partial charge in [-0.1, -0.05) is 30.3 Å². The first-order chi connectivity index (χ1) is 14.0. The molecule has 2 aromatic carbocycles. The van der Waals surface area contributed by atoms with Crippen LogP contribution in [-0.4, -0.2) is 21.5 Å². The quantitative estimate of drug-likeness (QED) is 0.419. The average molecular weight is 388 g/mol. The lowest BCUT2D eigenvalue weighted by Crippen LogP contribution is -2.07. The molecule has 0 spiro atoms. The van der Waals surface area contributed by atoms with Crippen molar-refractivity contribution < 1.29 is 8.78 Å². The zero-order chi connectivity index (χ0) is 20.5. The van der Waals surface area contributed by atoms with Crippen LogP contribution in [0.5, 0.6) is 0 Å². The summed E-state index contributed by atoms with van der Waals surface area (Å²) in [5.41, 5.74) is 2.99. The van der Waals surface area contributed by atoms with Gasteiger partial charge in [-0.05, 0) is 50.4 Å². The molecule has 2 aromatic heterocycles. The Morgan fingerprint density at radius 1 is 1.10 bits per heavy atom. The Labute approximate surface area is 166 Å². The summed E-state index contributed by atoms with van der Waals surface area (Å²) in [7, 11) is 0. The Morgan fingerprint density at radius 2 is 1.83 bits per heavy atom. The molecule has 0 aliphatic carbocycles. The van der Waals surface area contributed by atoms with Crippen LogP contribution in [0.15, 0.2) is 65.4 Å². The molecule has 144 valence electrons. The topological polar surface area (TPSA) is 43.1 Å². The van der Waals surface area contributed by atoms with Gasteiger partial charge in [-0.15, -0.1) is 0 Å². The van der Waals surface area contributed by atoms with E-state index in [9.17, 15) is 4.39 Å². The first-order valence-electron chi connectivity index (χ1n) is 9.04. The SMILES string of the molecule is C=N/C(C)=C\c1c(C)cnn1-c1c(F)c(-c2ccccc2F)nc2ccccc12. The van der Waals surface area contributed by atoms with Crippen molar-refractivity contribution in [2.75, 3.05) is 0 Å². The standard InChI is InChI=1S/C23H18F2N4/c1-14-13-27-29(20(14)12-15(2)26-3)23-17-9-5-7-11-19(17)28-22(21(23)25)16-8-4-6-10-18(16)24/h4-13H,3H2,1-2H3/b15-12-.